The van der Waals surface area contributed by atoms with Gasteiger partial charge in [-0.3, -0.25) is 4.98 Å². The third-order valence-corrected chi connectivity index (χ3v) is 3.74. The van der Waals surface area contributed by atoms with Crippen molar-refractivity contribution in [3.05, 3.63) is 36.5 Å². The molecule has 2 nitrogen and oxygen atoms in total. The van der Waals surface area contributed by atoms with Crippen molar-refractivity contribution >= 4 is 16.6 Å². The van der Waals surface area contributed by atoms with E-state index in [1.165, 1.54) is 36.8 Å². The second kappa shape index (κ2) is 4.74. The summed E-state index contributed by atoms with van der Waals surface area (Å²) in [7, 11) is 0. The number of benzene rings is 1. The Bertz CT molecular complexity index is 498. The van der Waals surface area contributed by atoms with Crippen molar-refractivity contribution in [1.82, 2.24) is 4.98 Å². The quantitative estimate of drug-likeness (QED) is 0.856. The Balaban J connectivity index is 1.71. The van der Waals surface area contributed by atoms with Crippen LogP contribution in [0, 0.1) is 5.92 Å². The van der Waals surface area contributed by atoms with Crippen molar-refractivity contribution in [2.24, 2.45) is 5.92 Å². The molecule has 0 bridgehead atoms. The minimum Gasteiger partial charge on any atom is -0.384 e. The van der Waals surface area contributed by atoms with Crippen LogP contribution >= 0.6 is 0 Å². The molecule has 0 amide bonds. The van der Waals surface area contributed by atoms with Crippen molar-refractivity contribution < 1.29 is 0 Å². The minimum atomic E-state index is 0.968. The Labute approximate surface area is 102 Å². The molecule has 1 heterocycles. The van der Waals surface area contributed by atoms with Gasteiger partial charge in [0.2, 0.25) is 0 Å². The topological polar surface area (TPSA) is 24.9 Å². The van der Waals surface area contributed by atoms with E-state index in [2.05, 4.69) is 34.6 Å². The minimum absolute atomic E-state index is 0.968. The smallest absolute Gasteiger partial charge is 0.0722 e. The summed E-state index contributed by atoms with van der Waals surface area (Å²) in [5.41, 5.74) is 2.29. The Hall–Kier alpha value is -1.57. The van der Waals surface area contributed by atoms with E-state index >= 15 is 0 Å². The molecule has 0 unspecified atom stereocenters. The summed E-state index contributed by atoms with van der Waals surface area (Å²) in [4.78, 5) is 4.37. The zero-order valence-electron chi connectivity index (χ0n) is 10.0. The molecular formula is C15H18N2. The maximum Gasteiger partial charge on any atom is 0.0722 e. The molecule has 1 aliphatic rings. The molecule has 0 aliphatic heterocycles. The maximum absolute atomic E-state index is 4.37. The molecule has 1 aromatic heterocycles. The molecule has 3 rings (SSSR count). The summed E-state index contributed by atoms with van der Waals surface area (Å²) in [5, 5.41) is 4.77. The van der Waals surface area contributed by atoms with E-state index in [1.807, 2.05) is 12.3 Å². The summed E-state index contributed by atoms with van der Waals surface area (Å²) in [6.07, 6.45) is 7.48. The average molecular weight is 226 g/mol. The fraction of sp³-hybridized carbons (Fsp3) is 0.400. The van der Waals surface area contributed by atoms with E-state index in [1.54, 1.807) is 0 Å². The highest BCUT2D eigenvalue weighted by Gasteiger charge is 2.16. The summed E-state index contributed by atoms with van der Waals surface area (Å²) >= 11 is 0. The number of aromatic nitrogens is 1. The van der Waals surface area contributed by atoms with Crippen molar-refractivity contribution in [3.8, 4) is 0 Å². The molecule has 88 valence electrons. The SMILES string of the molecule is c1ccc2c(NCCC3CCC3)ccnc2c1. The highest BCUT2D eigenvalue weighted by atomic mass is 14.9. The number of pyridine rings is 1. The molecule has 1 saturated carbocycles. The second-order valence-corrected chi connectivity index (χ2v) is 4.89. The fourth-order valence-corrected chi connectivity index (χ4v) is 2.44. The largest absolute Gasteiger partial charge is 0.384 e. The molecular weight excluding hydrogens is 208 g/mol. The molecule has 1 fully saturated rings. The summed E-state index contributed by atoms with van der Waals surface area (Å²) in [5.74, 6) is 0.968. The first-order valence-electron chi connectivity index (χ1n) is 6.51. The Morgan fingerprint density at radius 3 is 2.88 bits per heavy atom. The van der Waals surface area contributed by atoms with Gasteiger partial charge in [0.05, 0.1) is 5.52 Å². The van der Waals surface area contributed by atoms with Crippen LogP contribution in [0.5, 0.6) is 0 Å². The summed E-state index contributed by atoms with van der Waals surface area (Å²) in [6.45, 7) is 1.08. The lowest BCUT2D eigenvalue weighted by Gasteiger charge is -2.25. The lowest BCUT2D eigenvalue weighted by molar-refractivity contribution is 0.303. The lowest BCUT2D eigenvalue weighted by Crippen LogP contribution is -2.15. The van der Waals surface area contributed by atoms with Crippen LogP contribution in [0.2, 0.25) is 0 Å². The van der Waals surface area contributed by atoms with Gasteiger partial charge in [0.1, 0.15) is 0 Å². The summed E-state index contributed by atoms with van der Waals surface area (Å²) in [6, 6.07) is 10.4. The highest BCUT2D eigenvalue weighted by molar-refractivity contribution is 5.90. The standard InChI is InChI=1S/C15H18N2/c1-2-7-14-13(6-1)15(9-11-17-14)16-10-8-12-4-3-5-12/h1-2,6-7,9,11-12H,3-5,8,10H2,(H,16,17). The van der Waals surface area contributed by atoms with Crippen molar-refractivity contribution in [3.63, 3.8) is 0 Å². The molecule has 0 radical (unpaired) electrons. The molecule has 1 aliphatic carbocycles. The first-order chi connectivity index (χ1) is 8.43. The van der Waals surface area contributed by atoms with Gasteiger partial charge in [-0.25, -0.2) is 0 Å². The third kappa shape index (κ3) is 2.26. The second-order valence-electron chi connectivity index (χ2n) is 4.89. The zero-order chi connectivity index (χ0) is 11.5. The molecule has 1 N–H and O–H groups in total. The van der Waals surface area contributed by atoms with E-state index in [9.17, 15) is 0 Å². The molecule has 0 spiro atoms. The van der Waals surface area contributed by atoms with Gasteiger partial charge in [-0.2, -0.15) is 0 Å². The number of anilines is 1. The van der Waals surface area contributed by atoms with E-state index in [-0.39, 0.29) is 0 Å². The molecule has 0 saturated heterocycles. The van der Waals surface area contributed by atoms with E-state index < -0.39 is 0 Å². The van der Waals surface area contributed by atoms with Gasteiger partial charge < -0.3 is 5.32 Å². The van der Waals surface area contributed by atoms with Gasteiger partial charge in [-0.15, -0.1) is 0 Å². The number of nitrogens with one attached hydrogen (secondary N) is 1. The van der Waals surface area contributed by atoms with Gasteiger partial charge in [-0.1, -0.05) is 37.5 Å². The normalized spacial score (nSPS) is 15.8. The first-order valence-corrected chi connectivity index (χ1v) is 6.51. The molecule has 2 heteroatoms. The maximum atomic E-state index is 4.37. The van der Waals surface area contributed by atoms with Crippen molar-refractivity contribution in [2.45, 2.75) is 25.7 Å². The van der Waals surface area contributed by atoms with Crippen LogP contribution < -0.4 is 5.32 Å². The third-order valence-electron chi connectivity index (χ3n) is 3.74. The molecule has 1 aromatic carbocycles. The van der Waals surface area contributed by atoms with Crippen molar-refractivity contribution in [2.75, 3.05) is 11.9 Å². The van der Waals surface area contributed by atoms with Gasteiger partial charge in [-0.05, 0) is 24.5 Å². The van der Waals surface area contributed by atoms with Gasteiger partial charge >= 0.3 is 0 Å². The Morgan fingerprint density at radius 2 is 2.06 bits per heavy atom. The van der Waals surface area contributed by atoms with Crippen LogP contribution in [0.4, 0.5) is 5.69 Å². The first kappa shape index (κ1) is 10.6. The van der Waals surface area contributed by atoms with Gasteiger partial charge in [0.15, 0.2) is 0 Å². The summed E-state index contributed by atoms with van der Waals surface area (Å²) < 4.78 is 0. The van der Waals surface area contributed by atoms with Gasteiger partial charge in [0, 0.05) is 23.8 Å². The fourth-order valence-electron chi connectivity index (χ4n) is 2.44. The number of nitrogens with zero attached hydrogens (tertiary/aromatic N) is 1. The van der Waals surface area contributed by atoms with Crippen LogP contribution in [0.25, 0.3) is 10.9 Å². The molecule has 0 atom stereocenters. The van der Waals surface area contributed by atoms with E-state index in [0.717, 1.165) is 18.0 Å². The van der Waals surface area contributed by atoms with Gasteiger partial charge in [0.25, 0.3) is 0 Å². The average Bonchev–Trinajstić information content (AvgIpc) is 2.32. The molecule has 2 aromatic rings. The van der Waals surface area contributed by atoms with Crippen LogP contribution in [0.1, 0.15) is 25.7 Å². The predicted molar refractivity (Wildman–Crippen MR) is 72.2 cm³/mol. The van der Waals surface area contributed by atoms with Crippen molar-refractivity contribution in [1.29, 1.82) is 0 Å². The van der Waals surface area contributed by atoms with Crippen LogP contribution in [-0.2, 0) is 0 Å². The van der Waals surface area contributed by atoms with E-state index in [0.29, 0.717) is 0 Å². The van der Waals surface area contributed by atoms with E-state index in [4.69, 9.17) is 0 Å². The Morgan fingerprint density at radius 1 is 1.18 bits per heavy atom. The number of para-hydroxylation sites is 1. The van der Waals surface area contributed by atoms with Crippen LogP contribution in [0.15, 0.2) is 36.5 Å². The number of hydrogen-bond donors (Lipinski definition) is 1. The monoisotopic (exact) mass is 226 g/mol. The van der Waals surface area contributed by atoms with Crippen LogP contribution in [0.3, 0.4) is 0 Å². The lowest BCUT2D eigenvalue weighted by atomic mass is 9.83. The van der Waals surface area contributed by atoms with Crippen LogP contribution in [-0.4, -0.2) is 11.5 Å². The number of fused-ring (bicyclic) bond motifs is 1. The zero-order valence-corrected chi connectivity index (χ0v) is 10.0. The Kier molecular flexibility index (Phi) is 2.95. The number of hydrogen-bond acceptors (Lipinski definition) is 2. The highest BCUT2D eigenvalue weighted by Crippen LogP contribution is 2.29. The predicted octanol–water partition coefficient (Wildman–Crippen LogP) is 3.84. The molecule has 17 heavy (non-hydrogen) atoms. The number of rotatable bonds is 4.